The average Bonchev–Trinajstić information content (AvgIpc) is 3.18. The lowest BCUT2D eigenvalue weighted by Crippen LogP contribution is -2.56. The van der Waals surface area contributed by atoms with Gasteiger partial charge in [-0.3, -0.25) is 24.2 Å². The maximum Gasteiger partial charge on any atom is 0.262 e. The number of amides is 3. The van der Waals surface area contributed by atoms with Crippen molar-refractivity contribution in [3.63, 3.8) is 0 Å². The smallest absolute Gasteiger partial charge is 0.262 e. The molecule has 5 rings (SSSR count). The molecule has 45 heavy (non-hydrogen) atoms. The Bertz CT molecular complexity index is 1510. The van der Waals surface area contributed by atoms with Crippen molar-refractivity contribution < 1.29 is 23.9 Å². The van der Waals surface area contributed by atoms with E-state index >= 15 is 0 Å². The molecule has 3 aromatic carbocycles. The van der Waals surface area contributed by atoms with Crippen molar-refractivity contribution in [3.05, 3.63) is 94.0 Å². The molecular formula is C34H40Cl2N4O5. The molecule has 2 aliphatic rings. The number of nitrogens with one attached hydrogen (secondary N) is 1. The van der Waals surface area contributed by atoms with E-state index in [1.54, 1.807) is 55.3 Å². The molecule has 2 heterocycles. The third-order valence-electron chi connectivity index (χ3n) is 8.42. The molecule has 1 N–H and O–H groups in total. The van der Waals surface area contributed by atoms with Crippen LogP contribution in [0.2, 0.25) is 5.02 Å². The van der Waals surface area contributed by atoms with Crippen LogP contribution in [0.3, 0.4) is 0 Å². The van der Waals surface area contributed by atoms with Crippen LogP contribution >= 0.6 is 24.0 Å². The van der Waals surface area contributed by atoms with Gasteiger partial charge in [0, 0.05) is 75.0 Å². The molecule has 2 aliphatic heterocycles. The van der Waals surface area contributed by atoms with E-state index in [4.69, 9.17) is 21.1 Å². The van der Waals surface area contributed by atoms with Crippen molar-refractivity contribution in [2.24, 2.45) is 0 Å². The fraction of sp³-hybridized carbons (Fsp3) is 0.382. The third-order valence-corrected chi connectivity index (χ3v) is 8.65. The quantitative estimate of drug-likeness (QED) is 0.309. The number of methoxy groups -OCH3 is 1. The number of hydrogen-bond acceptors (Lipinski definition) is 6. The first-order valence-corrected chi connectivity index (χ1v) is 15.4. The van der Waals surface area contributed by atoms with E-state index in [0.29, 0.717) is 66.6 Å². The van der Waals surface area contributed by atoms with Gasteiger partial charge in [-0.25, -0.2) is 0 Å². The van der Waals surface area contributed by atoms with E-state index in [1.165, 1.54) is 0 Å². The number of benzene rings is 3. The zero-order valence-corrected chi connectivity index (χ0v) is 27.5. The lowest BCUT2D eigenvalue weighted by molar-refractivity contribution is -0.222. The minimum absolute atomic E-state index is 0. The van der Waals surface area contributed by atoms with Gasteiger partial charge in [0.25, 0.3) is 17.7 Å². The molecule has 1 atom stereocenters. The summed E-state index contributed by atoms with van der Waals surface area (Å²) in [6.45, 7) is 7.36. The number of carbonyl (C=O) groups excluding carboxylic acids is 3. The molecule has 3 amide bonds. The Balaban J connectivity index is 0.00000461. The molecule has 0 bridgehead atoms. The highest BCUT2D eigenvalue weighted by molar-refractivity contribution is 6.30. The van der Waals surface area contributed by atoms with Crippen LogP contribution in [0.25, 0.3) is 0 Å². The minimum atomic E-state index is -1.34. The largest absolute Gasteiger partial charge is 0.340 e. The number of rotatable bonds is 8. The first-order valence-electron chi connectivity index (χ1n) is 15.0. The normalized spacial score (nSPS) is 18.4. The maximum atomic E-state index is 14.3. The molecule has 3 aromatic rings. The number of halogens is 2. The van der Waals surface area contributed by atoms with Crippen molar-refractivity contribution in [1.29, 1.82) is 0 Å². The zero-order valence-electron chi connectivity index (χ0n) is 25.9. The van der Waals surface area contributed by atoms with Crippen molar-refractivity contribution in [2.45, 2.75) is 39.0 Å². The van der Waals surface area contributed by atoms with Crippen LogP contribution in [0.5, 0.6) is 0 Å². The van der Waals surface area contributed by atoms with Crippen molar-refractivity contribution >= 4 is 53.1 Å². The molecule has 0 saturated carbocycles. The number of aryl methyl sites for hydroxylation is 2. The van der Waals surface area contributed by atoms with Crippen LogP contribution in [-0.2, 0) is 20.7 Å². The lowest BCUT2D eigenvalue weighted by Gasteiger charge is -2.42. The van der Waals surface area contributed by atoms with Crippen LogP contribution in [0.1, 0.15) is 51.6 Å². The van der Waals surface area contributed by atoms with Crippen molar-refractivity contribution in [3.8, 4) is 0 Å². The van der Waals surface area contributed by atoms with Crippen molar-refractivity contribution in [2.75, 3.05) is 56.7 Å². The highest BCUT2D eigenvalue weighted by Gasteiger charge is 2.45. The van der Waals surface area contributed by atoms with E-state index in [2.05, 4.69) is 10.2 Å². The number of nitrogens with zero attached hydrogens (tertiary/aromatic N) is 3. The predicted molar refractivity (Wildman–Crippen MR) is 178 cm³/mol. The minimum Gasteiger partial charge on any atom is -0.340 e. The lowest BCUT2D eigenvalue weighted by atomic mass is 10.1. The fourth-order valence-corrected chi connectivity index (χ4v) is 6.09. The monoisotopic (exact) mass is 654 g/mol. The van der Waals surface area contributed by atoms with Gasteiger partial charge in [-0.15, -0.1) is 12.4 Å². The van der Waals surface area contributed by atoms with E-state index in [9.17, 15) is 14.4 Å². The summed E-state index contributed by atoms with van der Waals surface area (Å²) in [5, 5.41) is 3.52. The van der Waals surface area contributed by atoms with Crippen LogP contribution in [-0.4, -0.2) is 79.9 Å². The van der Waals surface area contributed by atoms with Gasteiger partial charge in [0.05, 0.1) is 12.3 Å². The summed E-state index contributed by atoms with van der Waals surface area (Å²) in [4.78, 5) is 44.6. The van der Waals surface area contributed by atoms with Crippen LogP contribution in [0, 0.1) is 6.92 Å². The number of piperazine rings is 1. The summed E-state index contributed by atoms with van der Waals surface area (Å²) in [7, 11) is 1.57. The second-order valence-electron chi connectivity index (χ2n) is 11.2. The van der Waals surface area contributed by atoms with Gasteiger partial charge < -0.3 is 19.7 Å². The van der Waals surface area contributed by atoms with Gasteiger partial charge in [0.2, 0.25) is 5.91 Å². The summed E-state index contributed by atoms with van der Waals surface area (Å²) >= 11 is 6.36. The predicted octanol–water partition coefficient (Wildman–Crippen LogP) is 5.79. The molecule has 240 valence electrons. The molecular weight excluding hydrogens is 615 g/mol. The number of carbonyl (C=O) groups is 3. The Morgan fingerprint density at radius 2 is 1.69 bits per heavy atom. The molecule has 0 aliphatic carbocycles. The second-order valence-corrected chi connectivity index (χ2v) is 11.7. The number of fused-ring (bicyclic) bond motifs is 1. The summed E-state index contributed by atoms with van der Waals surface area (Å²) < 4.78 is 12.6. The van der Waals surface area contributed by atoms with E-state index in [-0.39, 0.29) is 30.1 Å². The molecule has 0 radical (unpaired) electrons. The maximum absolute atomic E-state index is 14.3. The van der Waals surface area contributed by atoms with Gasteiger partial charge in [-0.1, -0.05) is 29.8 Å². The Labute approximate surface area is 275 Å². The summed E-state index contributed by atoms with van der Waals surface area (Å²) in [5.74, 6) is -1.75. The highest BCUT2D eigenvalue weighted by atomic mass is 35.5. The molecule has 0 spiro atoms. The van der Waals surface area contributed by atoms with Gasteiger partial charge >= 0.3 is 0 Å². The third kappa shape index (κ3) is 7.85. The van der Waals surface area contributed by atoms with Gasteiger partial charge in [0.1, 0.15) is 0 Å². The summed E-state index contributed by atoms with van der Waals surface area (Å²) in [5.41, 5.74) is 4.10. The molecule has 1 fully saturated rings. The van der Waals surface area contributed by atoms with Crippen molar-refractivity contribution in [1.82, 2.24) is 9.80 Å². The molecule has 9 nitrogen and oxygen atoms in total. The van der Waals surface area contributed by atoms with Crippen LogP contribution < -0.4 is 10.2 Å². The number of anilines is 2. The Hall–Kier alpha value is -3.47. The molecule has 1 saturated heterocycles. The fourth-order valence-electron chi connectivity index (χ4n) is 5.90. The zero-order chi connectivity index (χ0) is 31.3. The van der Waals surface area contributed by atoms with Gasteiger partial charge in [-0.2, -0.15) is 0 Å². The van der Waals surface area contributed by atoms with E-state index < -0.39 is 5.91 Å². The second kappa shape index (κ2) is 15.2. The molecule has 11 heteroatoms. The number of ether oxygens (including phenoxy) is 2. The topological polar surface area (TPSA) is 91.4 Å². The van der Waals surface area contributed by atoms with E-state index in [1.807, 2.05) is 42.2 Å². The number of hydrogen-bond donors (Lipinski definition) is 1. The average molecular weight is 656 g/mol. The van der Waals surface area contributed by atoms with Gasteiger partial charge in [0.15, 0.2) is 0 Å². The SMILES string of the molecule is COC1(OCCN2CCN(C(C)=O)CC2)CCCc2cc(Cl)ccc2N1C(=O)c1ccc(NC(=O)c2ccccc2C)cc1.Cl. The first kappa shape index (κ1) is 34.4. The summed E-state index contributed by atoms with van der Waals surface area (Å²) in [6.07, 6.45) is 1.90. The summed E-state index contributed by atoms with van der Waals surface area (Å²) in [6, 6.07) is 19.7. The Morgan fingerprint density at radius 3 is 2.36 bits per heavy atom. The molecule has 0 aromatic heterocycles. The Morgan fingerprint density at radius 1 is 0.978 bits per heavy atom. The van der Waals surface area contributed by atoms with Crippen LogP contribution in [0.15, 0.2) is 66.7 Å². The Kier molecular flexibility index (Phi) is 11.6. The first-order chi connectivity index (χ1) is 21.2. The van der Waals surface area contributed by atoms with E-state index in [0.717, 1.165) is 30.6 Å². The van der Waals surface area contributed by atoms with Gasteiger partial charge in [-0.05, 0) is 79.4 Å². The highest BCUT2D eigenvalue weighted by Crippen LogP contribution is 2.39. The van der Waals surface area contributed by atoms with Crippen LogP contribution in [0.4, 0.5) is 11.4 Å². The molecule has 1 unspecified atom stereocenters. The standard InChI is InChI=1S/C34H39ClN4O5.ClH/c1-24-7-4-5-9-30(24)32(41)36-29-13-10-26(11-14-29)33(42)39-31-15-12-28(35)23-27(31)8-6-16-34(39,43-3)44-22-21-37-17-19-38(20-18-37)25(2)40;/h4-5,7,9-15,23H,6,8,16-22H2,1-3H3,(H,36,41);1H.